The van der Waals surface area contributed by atoms with Crippen molar-refractivity contribution in [3.8, 4) is 5.75 Å². The van der Waals surface area contributed by atoms with Crippen LogP contribution in [0.4, 0.5) is 0 Å². The highest BCUT2D eigenvalue weighted by molar-refractivity contribution is 7.80. The van der Waals surface area contributed by atoms with E-state index in [1.807, 2.05) is 6.07 Å². The van der Waals surface area contributed by atoms with Crippen LogP contribution in [0.5, 0.6) is 5.75 Å². The summed E-state index contributed by atoms with van der Waals surface area (Å²) in [6, 6.07) is 3.66. The van der Waals surface area contributed by atoms with E-state index < -0.39 is 0 Å². The summed E-state index contributed by atoms with van der Waals surface area (Å²) in [6.07, 6.45) is 8.04. The number of thiocarbonyl (C=S) groups is 1. The molecule has 0 aliphatic heterocycles. The number of hydrogen-bond donors (Lipinski definition) is 1. The fraction of sp³-hybridized carbons (Fsp3) is 0.571. The smallest absolute Gasteiger partial charge is 0.138 e. The number of rotatable bonds is 8. The first-order chi connectivity index (χ1) is 8.63. The molecule has 0 amide bonds. The van der Waals surface area contributed by atoms with Gasteiger partial charge in [0.15, 0.2) is 0 Å². The number of ether oxygens (including phenoxy) is 1. The molecule has 1 rings (SSSR count). The molecule has 0 spiro atoms. The molecule has 3 nitrogen and oxygen atoms in total. The number of pyridine rings is 1. The zero-order valence-corrected chi connectivity index (χ0v) is 12.0. The van der Waals surface area contributed by atoms with Crippen molar-refractivity contribution in [2.75, 3.05) is 0 Å². The van der Waals surface area contributed by atoms with Crippen LogP contribution in [0.25, 0.3) is 0 Å². The largest absolute Gasteiger partial charge is 0.489 e. The molecule has 100 valence electrons. The van der Waals surface area contributed by atoms with Gasteiger partial charge >= 0.3 is 0 Å². The summed E-state index contributed by atoms with van der Waals surface area (Å²) in [5.41, 5.74) is 6.12. The second kappa shape index (κ2) is 8.03. The first-order valence-electron chi connectivity index (χ1n) is 6.56. The van der Waals surface area contributed by atoms with Crippen molar-refractivity contribution >= 4 is 17.2 Å². The Labute approximate surface area is 115 Å². The van der Waals surface area contributed by atoms with Crippen LogP contribution < -0.4 is 10.5 Å². The van der Waals surface area contributed by atoms with Crippen molar-refractivity contribution in [1.82, 2.24) is 4.98 Å². The molecule has 1 heterocycles. The molecular formula is C14H22N2OS. The van der Waals surface area contributed by atoms with Crippen LogP contribution in [0.15, 0.2) is 18.3 Å². The maximum absolute atomic E-state index is 5.78. The number of nitrogens with two attached hydrogens (primary N) is 1. The Morgan fingerprint density at radius 3 is 2.72 bits per heavy atom. The molecule has 1 unspecified atom stereocenters. The molecule has 0 aliphatic rings. The maximum Gasteiger partial charge on any atom is 0.138 e. The summed E-state index contributed by atoms with van der Waals surface area (Å²) in [5, 5.41) is 0. The van der Waals surface area contributed by atoms with Gasteiger partial charge in [0.05, 0.1) is 18.0 Å². The first kappa shape index (κ1) is 14.9. The second-order valence-electron chi connectivity index (χ2n) is 4.52. The molecule has 0 aromatic carbocycles. The van der Waals surface area contributed by atoms with Gasteiger partial charge in [-0.3, -0.25) is 0 Å². The average Bonchev–Trinajstić information content (AvgIpc) is 2.35. The van der Waals surface area contributed by atoms with Gasteiger partial charge < -0.3 is 10.5 Å². The second-order valence-corrected chi connectivity index (χ2v) is 4.96. The highest BCUT2D eigenvalue weighted by Crippen LogP contribution is 2.14. The molecule has 0 radical (unpaired) electrons. The quantitative estimate of drug-likeness (QED) is 0.578. The number of unbranched alkanes of at least 4 members (excludes halogenated alkanes) is 3. The summed E-state index contributed by atoms with van der Waals surface area (Å²) in [5.74, 6) is 0.776. The first-order valence-corrected chi connectivity index (χ1v) is 6.96. The third kappa shape index (κ3) is 5.45. The predicted octanol–water partition coefficient (Wildman–Crippen LogP) is 3.45. The third-order valence-electron chi connectivity index (χ3n) is 2.79. The Bertz CT molecular complexity index is 365. The Morgan fingerprint density at radius 1 is 1.39 bits per heavy atom. The van der Waals surface area contributed by atoms with Crippen molar-refractivity contribution in [1.29, 1.82) is 0 Å². The fourth-order valence-corrected chi connectivity index (χ4v) is 1.87. The van der Waals surface area contributed by atoms with Gasteiger partial charge in [-0.2, -0.15) is 0 Å². The van der Waals surface area contributed by atoms with Crippen LogP contribution in [0.3, 0.4) is 0 Å². The Hall–Kier alpha value is -1.16. The normalized spacial score (nSPS) is 12.1. The molecule has 4 heteroatoms. The van der Waals surface area contributed by atoms with Crippen LogP contribution in [-0.4, -0.2) is 16.1 Å². The molecule has 1 atom stereocenters. The molecule has 1 aromatic rings. The van der Waals surface area contributed by atoms with Crippen LogP contribution in [0.1, 0.15) is 51.6 Å². The molecule has 2 N–H and O–H groups in total. The van der Waals surface area contributed by atoms with Crippen LogP contribution in [0.2, 0.25) is 0 Å². The summed E-state index contributed by atoms with van der Waals surface area (Å²) in [7, 11) is 0. The van der Waals surface area contributed by atoms with E-state index in [2.05, 4.69) is 18.8 Å². The molecular weight excluding hydrogens is 244 g/mol. The van der Waals surface area contributed by atoms with Gasteiger partial charge in [0.25, 0.3) is 0 Å². The molecule has 18 heavy (non-hydrogen) atoms. The molecule has 1 aromatic heterocycles. The minimum absolute atomic E-state index is 0.222. The van der Waals surface area contributed by atoms with Gasteiger partial charge in [0.2, 0.25) is 0 Å². The lowest BCUT2D eigenvalue weighted by atomic mass is 10.1. The Kier molecular flexibility index (Phi) is 6.65. The lowest BCUT2D eigenvalue weighted by molar-refractivity contribution is 0.205. The van der Waals surface area contributed by atoms with Crippen molar-refractivity contribution < 1.29 is 4.74 Å². The van der Waals surface area contributed by atoms with E-state index in [1.165, 1.54) is 25.7 Å². The van der Waals surface area contributed by atoms with E-state index in [-0.39, 0.29) is 6.10 Å². The minimum atomic E-state index is 0.222. The number of hydrogen-bond acceptors (Lipinski definition) is 3. The van der Waals surface area contributed by atoms with E-state index in [0.717, 1.165) is 12.2 Å². The van der Waals surface area contributed by atoms with Crippen molar-refractivity contribution in [2.24, 2.45) is 5.73 Å². The van der Waals surface area contributed by atoms with Gasteiger partial charge in [-0.1, -0.05) is 38.4 Å². The molecule has 0 bridgehead atoms. The van der Waals surface area contributed by atoms with Crippen LogP contribution in [-0.2, 0) is 0 Å². The Balaban J connectivity index is 2.35. The predicted molar refractivity (Wildman–Crippen MR) is 79.0 cm³/mol. The zero-order valence-electron chi connectivity index (χ0n) is 11.2. The van der Waals surface area contributed by atoms with E-state index in [4.69, 9.17) is 22.7 Å². The van der Waals surface area contributed by atoms with Crippen molar-refractivity contribution in [3.63, 3.8) is 0 Å². The number of aromatic nitrogens is 1. The third-order valence-corrected chi connectivity index (χ3v) is 3.00. The van der Waals surface area contributed by atoms with Gasteiger partial charge in [-0.05, 0) is 31.9 Å². The Morgan fingerprint density at radius 2 is 2.17 bits per heavy atom. The standard InChI is InChI=1S/C14H22N2OS/c1-3-4-5-6-7-11(2)17-12-8-9-13(14(15)18)16-10-12/h8-11H,3-7H2,1-2H3,(H2,15,18). The van der Waals surface area contributed by atoms with Crippen molar-refractivity contribution in [2.45, 2.75) is 52.1 Å². The van der Waals surface area contributed by atoms with Gasteiger partial charge in [0, 0.05) is 0 Å². The van der Waals surface area contributed by atoms with E-state index >= 15 is 0 Å². The summed E-state index contributed by atoms with van der Waals surface area (Å²) >= 11 is 4.85. The lowest BCUT2D eigenvalue weighted by Crippen LogP contribution is -2.13. The number of nitrogens with zero attached hydrogens (tertiary/aromatic N) is 1. The van der Waals surface area contributed by atoms with Gasteiger partial charge in [0.1, 0.15) is 10.7 Å². The van der Waals surface area contributed by atoms with E-state index in [1.54, 1.807) is 12.3 Å². The van der Waals surface area contributed by atoms with Gasteiger partial charge in [-0.25, -0.2) is 4.98 Å². The highest BCUT2D eigenvalue weighted by atomic mass is 32.1. The SMILES string of the molecule is CCCCCCC(C)Oc1ccc(C(N)=S)nc1. The maximum atomic E-state index is 5.78. The van der Waals surface area contributed by atoms with Crippen molar-refractivity contribution in [3.05, 3.63) is 24.0 Å². The molecule has 0 saturated carbocycles. The summed E-state index contributed by atoms with van der Waals surface area (Å²) in [6.45, 7) is 4.31. The minimum Gasteiger partial charge on any atom is -0.489 e. The molecule has 0 aliphatic carbocycles. The monoisotopic (exact) mass is 266 g/mol. The van der Waals surface area contributed by atoms with E-state index in [9.17, 15) is 0 Å². The summed E-state index contributed by atoms with van der Waals surface area (Å²) < 4.78 is 5.78. The molecule has 0 saturated heterocycles. The lowest BCUT2D eigenvalue weighted by Gasteiger charge is -2.14. The molecule has 0 fully saturated rings. The van der Waals surface area contributed by atoms with Crippen LogP contribution in [0, 0.1) is 0 Å². The highest BCUT2D eigenvalue weighted by Gasteiger charge is 2.05. The van der Waals surface area contributed by atoms with Crippen LogP contribution >= 0.6 is 12.2 Å². The van der Waals surface area contributed by atoms with Gasteiger partial charge in [-0.15, -0.1) is 0 Å². The average molecular weight is 266 g/mol. The zero-order chi connectivity index (χ0) is 13.4. The van der Waals surface area contributed by atoms with E-state index in [0.29, 0.717) is 10.7 Å². The fourth-order valence-electron chi connectivity index (χ4n) is 1.75. The summed E-state index contributed by atoms with van der Waals surface area (Å²) in [4.78, 5) is 4.46. The topological polar surface area (TPSA) is 48.1 Å².